The zero-order chi connectivity index (χ0) is 10.1. The van der Waals surface area contributed by atoms with Crippen LogP contribution in [0.1, 0.15) is 11.1 Å². The van der Waals surface area contributed by atoms with Crippen molar-refractivity contribution >= 4 is 11.6 Å². The van der Waals surface area contributed by atoms with E-state index in [0.29, 0.717) is 17.7 Å². The van der Waals surface area contributed by atoms with Crippen LogP contribution in [0.4, 0.5) is 5.69 Å². The first-order valence-electron chi connectivity index (χ1n) is 4.22. The van der Waals surface area contributed by atoms with Gasteiger partial charge in [0.1, 0.15) is 6.10 Å². The number of amides is 1. The Hall–Kier alpha value is -1.86. The Balaban J connectivity index is 2.44. The van der Waals surface area contributed by atoms with Gasteiger partial charge in [-0.3, -0.25) is 4.79 Å². The number of carbonyl (C=O) groups is 1. The lowest BCUT2D eigenvalue weighted by Gasteiger charge is -2.20. The maximum atomic E-state index is 11.1. The minimum absolute atomic E-state index is 0.312. The zero-order valence-electron chi connectivity index (χ0n) is 7.32. The van der Waals surface area contributed by atoms with E-state index in [1.807, 2.05) is 6.07 Å². The molecule has 4 nitrogen and oxygen atoms in total. The molecule has 2 N–H and O–H groups in total. The molecule has 1 aromatic rings. The fourth-order valence-electron chi connectivity index (χ4n) is 1.46. The Kier molecular flexibility index (Phi) is 1.95. The Morgan fingerprint density at radius 3 is 3.07 bits per heavy atom. The molecule has 0 aromatic heterocycles. The summed E-state index contributed by atoms with van der Waals surface area (Å²) in [6, 6.07) is 7.02. The quantitative estimate of drug-likeness (QED) is 0.619. The molecular formula is C10H8N2O2. The number of hydrogen-bond acceptors (Lipinski definition) is 3. The van der Waals surface area contributed by atoms with Crippen LogP contribution in [0.3, 0.4) is 0 Å². The van der Waals surface area contributed by atoms with Gasteiger partial charge in [0.25, 0.3) is 5.91 Å². The van der Waals surface area contributed by atoms with E-state index in [0.717, 1.165) is 5.56 Å². The Morgan fingerprint density at radius 1 is 1.57 bits per heavy atom. The maximum absolute atomic E-state index is 11.1. The van der Waals surface area contributed by atoms with E-state index in [1.54, 1.807) is 18.2 Å². The van der Waals surface area contributed by atoms with Gasteiger partial charge in [-0.2, -0.15) is 5.26 Å². The van der Waals surface area contributed by atoms with E-state index >= 15 is 0 Å². The summed E-state index contributed by atoms with van der Waals surface area (Å²) >= 11 is 0. The van der Waals surface area contributed by atoms with Crippen molar-refractivity contribution in [3.05, 3.63) is 29.3 Å². The van der Waals surface area contributed by atoms with Gasteiger partial charge in [-0.05, 0) is 17.7 Å². The highest BCUT2D eigenvalue weighted by Gasteiger charge is 2.23. The van der Waals surface area contributed by atoms with E-state index in [1.165, 1.54) is 0 Å². The summed E-state index contributed by atoms with van der Waals surface area (Å²) in [6.45, 7) is 0. The first-order chi connectivity index (χ1) is 6.70. The van der Waals surface area contributed by atoms with Gasteiger partial charge < -0.3 is 10.4 Å². The number of anilines is 1. The summed E-state index contributed by atoms with van der Waals surface area (Å²) in [5, 5.41) is 20.5. The van der Waals surface area contributed by atoms with Crippen LogP contribution >= 0.6 is 0 Å². The van der Waals surface area contributed by atoms with Crippen molar-refractivity contribution in [1.82, 2.24) is 0 Å². The molecule has 1 aromatic carbocycles. The summed E-state index contributed by atoms with van der Waals surface area (Å²) in [5.74, 6) is -0.410. The number of hydrogen-bond donors (Lipinski definition) is 2. The molecule has 0 saturated carbocycles. The zero-order valence-corrected chi connectivity index (χ0v) is 7.32. The molecule has 0 bridgehead atoms. The van der Waals surface area contributed by atoms with Crippen molar-refractivity contribution in [2.45, 2.75) is 12.5 Å². The van der Waals surface area contributed by atoms with E-state index < -0.39 is 12.0 Å². The molecule has 1 aliphatic rings. The normalized spacial score (nSPS) is 19.4. The second kappa shape index (κ2) is 3.13. The Bertz CT molecular complexity index is 434. The molecule has 14 heavy (non-hydrogen) atoms. The number of carbonyl (C=O) groups excluding carboxylic acids is 1. The van der Waals surface area contributed by atoms with Gasteiger partial charge in [0.2, 0.25) is 0 Å². The molecule has 2 rings (SSSR count). The molecule has 4 heteroatoms. The monoisotopic (exact) mass is 188 g/mol. The van der Waals surface area contributed by atoms with Gasteiger partial charge in [0.15, 0.2) is 0 Å². The molecule has 70 valence electrons. The lowest BCUT2D eigenvalue weighted by molar-refractivity contribution is -0.124. The van der Waals surface area contributed by atoms with E-state index in [9.17, 15) is 9.90 Å². The van der Waals surface area contributed by atoms with E-state index in [2.05, 4.69) is 5.32 Å². The predicted octanol–water partition coefficient (Wildman–Crippen LogP) is 0.414. The van der Waals surface area contributed by atoms with Crippen LogP contribution < -0.4 is 5.32 Å². The Morgan fingerprint density at radius 2 is 2.36 bits per heavy atom. The molecular weight excluding hydrogens is 180 g/mol. The summed E-state index contributed by atoms with van der Waals surface area (Å²) in [7, 11) is 0. The number of benzene rings is 1. The van der Waals surface area contributed by atoms with Crippen LogP contribution in [0.5, 0.6) is 0 Å². The number of fused-ring (bicyclic) bond motifs is 1. The minimum Gasteiger partial charge on any atom is -0.383 e. The first kappa shape index (κ1) is 8.73. The second-order valence-corrected chi connectivity index (χ2v) is 3.19. The van der Waals surface area contributed by atoms with Crippen LogP contribution in [0, 0.1) is 11.3 Å². The van der Waals surface area contributed by atoms with Crippen molar-refractivity contribution in [3.8, 4) is 6.07 Å². The third-order valence-corrected chi connectivity index (χ3v) is 2.21. The fourth-order valence-corrected chi connectivity index (χ4v) is 1.46. The molecule has 1 heterocycles. The molecule has 0 fully saturated rings. The molecule has 1 atom stereocenters. The van der Waals surface area contributed by atoms with Crippen LogP contribution in [-0.4, -0.2) is 17.1 Å². The van der Waals surface area contributed by atoms with Crippen LogP contribution in [0.2, 0.25) is 0 Å². The van der Waals surface area contributed by atoms with Crippen molar-refractivity contribution in [3.63, 3.8) is 0 Å². The minimum atomic E-state index is -0.976. The summed E-state index contributed by atoms with van der Waals surface area (Å²) in [5.41, 5.74) is 1.98. The summed E-state index contributed by atoms with van der Waals surface area (Å²) < 4.78 is 0. The summed E-state index contributed by atoms with van der Waals surface area (Å²) in [4.78, 5) is 11.1. The third-order valence-electron chi connectivity index (χ3n) is 2.21. The van der Waals surface area contributed by atoms with E-state index in [4.69, 9.17) is 5.26 Å². The van der Waals surface area contributed by atoms with Crippen LogP contribution in [0.15, 0.2) is 18.2 Å². The average molecular weight is 188 g/mol. The molecule has 0 saturated heterocycles. The SMILES string of the molecule is N#Cc1ccc2c(c1)NC(=O)[C@H](O)C2. The molecule has 1 aliphatic heterocycles. The highest BCUT2D eigenvalue weighted by atomic mass is 16.3. The molecule has 0 aliphatic carbocycles. The molecule has 0 unspecified atom stereocenters. The van der Waals surface area contributed by atoms with Crippen LogP contribution in [-0.2, 0) is 11.2 Å². The van der Waals surface area contributed by atoms with Crippen LogP contribution in [0.25, 0.3) is 0 Å². The number of nitrogens with one attached hydrogen (secondary N) is 1. The topological polar surface area (TPSA) is 73.1 Å². The number of aliphatic hydroxyl groups excluding tert-OH is 1. The van der Waals surface area contributed by atoms with Crippen molar-refractivity contribution in [2.24, 2.45) is 0 Å². The maximum Gasteiger partial charge on any atom is 0.253 e. The highest BCUT2D eigenvalue weighted by Crippen LogP contribution is 2.23. The molecule has 0 spiro atoms. The molecule has 0 radical (unpaired) electrons. The number of nitriles is 1. The van der Waals surface area contributed by atoms with Crippen molar-refractivity contribution in [1.29, 1.82) is 5.26 Å². The van der Waals surface area contributed by atoms with Gasteiger partial charge in [-0.25, -0.2) is 0 Å². The lowest BCUT2D eigenvalue weighted by atomic mass is 9.99. The van der Waals surface area contributed by atoms with Gasteiger partial charge >= 0.3 is 0 Å². The predicted molar refractivity (Wildman–Crippen MR) is 49.5 cm³/mol. The Labute approximate surface area is 80.8 Å². The van der Waals surface area contributed by atoms with Gasteiger partial charge in [-0.1, -0.05) is 6.07 Å². The van der Waals surface area contributed by atoms with Crippen molar-refractivity contribution < 1.29 is 9.90 Å². The molecule has 1 amide bonds. The smallest absolute Gasteiger partial charge is 0.253 e. The number of nitrogens with zero attached hydrogens (tertiary/aromatic N) is 1. The second-order valence-electron chi connectivity index (χ2n) is 3.19. The largest absolute Gasteiger partial charge is 0.383 e. The highest BCUT2D eigenvalue weighted by molar-refractivity contribution is 5.97. The van der Waals surface area contributed by atoms with Gasteiger partial charge in [0.05, 0.1) is 11.6 Å². The van der Waals surface area contributed by atoms with E-state index in [-0.39, 0.29) is 0 Å². The third kappa shape index (κ3) is 1.34. The number of aliphatic hydroxyl groups is 1. The van der Waals surface area contributed by atoms with Gasteiger partial charge in [0, 0.05) is 12.1 Å². The van der Waals surface area contributed by atoms with Gasteiger partial charge in [-0.15, -0.1) is 0 Å². The fraction of sp³-hybridized carbons (Fsp3) is 0.200. The first-order valence-corrected chi connectivity index (χ1v) is 4.22. The number of rotatable bonds is 0. The standard InChI is InChI=1S/C10H8N2O2/c11-5-6-1-2-7-4-9(13)10(14)12-8(7)3-6/h1-3,9,13H,4H2,(H,12,14)/t9-/m1/s1. The average Bonchev–Trinajstić information content (AvgIpc) is 2.19. The van der Waals surface area contributed by atoms with Crippen molar-refractivity contribution in [2.75, 3.05) is 5.32 Å². The summed E-state index contributed by atoms with van der Waals surface area (Å²) in [6.07, 6.45) is -0.664. The lowest BCUT2D eigenvalue weighted by Crippen LogP contribution is -2.34.